The number of benzene rings is 3. The predicted molar refractivity (Wildman–Crippen MR) is 107 cm³/mol. The van der Waals surface area contributed by atoms with Crippen LogP contribution in [0.5, 0.6) is 5.75 Å². The number of rotatable bonds is 4. The summed E-state index contributed by atoms with van der Waals surface area (Å²) in [6, 6.07) is 21.3. The Bertz CT molecular complexity index is 900. The number of anilines is 2. The van der Waals surface area contributed by atoms with E-state index in [1.54, 1.807) is 7.11 Å². The van der Waals surface area contributed by atoms with Gasteiger partial charge in [0.1, 0.15) is 5.75 Å². The topological polar surface area (TPSA) is 50.4 Å². The lowest BCUT2D eigenvalue weighted by molar-refractivity contribution is 0.262. The monoisotopic (exact) mass is 346 g/mol. The maximum absolute atomic E-state index is 12.2. The lowest BCUT2D eigenvalue weighted by atomic mass is 10.1. The fraction of sp³-hybridized carbons (Fsp3) is 0.136. The molecule has 26 heavy (non-hydrogen) atoms. The molecule has 2 N–H and O–H groups in total. The molecular formula is C22H22N2O2. The SMILES string of the molecule is COc1ccc(-c2ccc(NC(=O)Nc3cc(C)ccc3C)cc2)cc1. The highest BCUT2D eigenvalue weighted by Gasteiger charge is 2.06. The number of carbonyl (C=O) groups excluding carboxylic acids is 1. The van der Waals surface area contributed by atoms with Gasteiger partial charge in [-0.25, -0.2) is 4.79 Å². The molecule has 3 aromatic carbocycles. The summed E-state index contributed by atoms with van der Waals surface area (Å²) in [5, 5.41) is 5.76. The zero-order valence-corrected chi connectivity index (χ0v) is 15.2. The number of nitrogens with one attached hydrogen (secondary N) is 2. The molecule has 0 aliphatic heterocycles. The fourth-order valence-electron chi connectivity index (χ4n) is 2.68. The van der Waals surface area contributed by atoms with Crippen LogP contribution in [0.2, 0.25) is 0 Å². The highest BCUT2D eigenvalue weighted by molar-refractivity contribution is 6.00. The molecule has 0 bridgehead atoms. The molecular weight excluding hydrogens is 324 g/mol. The average molecular weight is 346 g/mol. The summed E-state index contributed by atoms with van der Waals surface area (Å²) < 4.78 is 5.18. The van der Waals surface area contributed by atoms with Crippen molar-refractivity contribution in [2.24, 2.45) is 0 Å². The van der Waals surface area contributed by atoms with Crippen molar-refractivity contribution in [3.05, 3.63) is 77.9 Å². The van der Waals surface area contributed by atoms with Crippen LogP contribution in [0.1, 0.15) is 11.1 Å². The summed E-state index contributed by atoms with van der Waals surface area (Å²) in [6.07, 6.45) is 0. The van der Waals surface area contributed by atoms with Crippen LogP contribution in [0.4, 0.5) is 16.2 Å². The Morgan fingerprint density at radius 2 is 1.42 bits per heavy atom. The van der Waals surface area contributed by atoms with Crippen LogP contribution in [0.25, 0.3) is 11.1 Å². The summed E-state index contributed by atoms with van der Waals surface area (Å²) in [5.41, 5.74) is 5.86. The minimum atomic E-state index is -0.254. The van der Waals surface area contributed by atoms with Gasteiger partial charge in [-0.1, -0.05) is 36.4 Å². The van der Waals surface area contributed by atoms with Crippen LogP contribution < -0.4 is 15.4 Å². The van der Waals surface area contributed by atoms with E-state index in [9.17, 15) is 4.79 Å². The van der Waals surface area contributed by atoms with Crippen molar-refractivity contribution >= 4 is 17.4 Å². The number of carbonyl (C=O) groups is 1. The lowest BCUT2D eigenvalue weighted by Gasteiger charge is -2.11. The molecule has 0 saturated carbocycles. The molecule has 0 spiro atoms. The van der Waals surface area contributed by atoms with Gasteiger partial charge in [0.05, 0.1) is 7.11 Å². The van der Waals surface area contributed by atoms with Gasteiger partial charge in [-0.15, -0.1) is 0 Å². The number of methoxy groups -OCH3 is 1. The molecule has 0 saturated heterocycles. The van der Waals surface area contributed by atoms with Crippen LogP contribution in [0, 0.1) is 13.8 Å². The maximum atomic E-state index is 12.2. The summed E-state index contributed by atoms with van der Waals surface area (Å²) in [5.74, 6) is 0.829. The van der Waals surface area contributed by atoms with Gasteiger partial charge in [0.25, 0.3) is 0 Å². The molecule has 0 heterocycles. The third-order valence-electron chi connectivity index (χ3n) is 4.21. The van der Waals surface area contributed by atoms with Crippen molar-refractivity contribution in [3.63, 3.8) is 0 Å². The van der Waals surface area contributed by atoms with E-state index >= 15 is 0 Å². The number of ether oxygens (including phenoxy) is 1. The molecule has 0 unspecified atom stereocenters. The summed E-state index contributed by atoms with van der Waals surface area (Å²) in [4.78, 5) is 12.2. The smallest absolute Gasteiger partial charge is 0.323 e. The highest BCUT2D eigenvalue weighted by atomic mass is 16.5. The summed E-state index contributed by atoms with van der Waals surface area (Å²) in [6.45, 7) is 3.97. The van der Waals surface area contributed by atoms with Crippen molar-refractivity contribution in [1.82, 2.24) is 0 Å². The summed E-state index contributed by atoms with van der Waals surface area (Å²) in [7, 11) is 1.65. The minimum Gasteiger partial charge on any atom is -0.497 e. The Labute approximate surface area is 153 Å². The third kappa shape index (κ3) is 4.22. The molecule has 0 fully saturated rings. The van der Waals surface area contributed by atoms with E-state index in [1.807, 2.05) is 80.6 Å². The molecule has 3 aromatic rings. The van der Waals surface area contributed by atoms with Gasteiger partial charge in [-0.3, -0.25) is 0 Å². The molecule has 132 valence electrons. The molecule has 0 radical (unpaired) electrons. The van der Waals surface area contributed by atoms with E-state index in [1.165, 1.54) is 0 Å². The third-order valence-corrected chi connectivity index (χ3v) is 4.21. The van der Waals surface area contributed by atoms with Gasteiger partial charge in [0.15, 0.2) is 0 Å². The molecule has 0 aliphatic rings. The first-order valence-corrected chi connectivity index (χ1v) is 8.45. The molecule has 0 aromatic heterocycles. The highest BCUT2D eigenvalue weighted by Crippen LogP contribution is 2.24. The second-order valence-electron chi connectivity index (χ2n) is 6.20. The Hall–Kier alpha value is -3.27. The largest absolute Gasteiger partial charge is 0.497 e. The first kappa shape index (κ1) is 17.5. The minimum absolute atomic E-state index is 0.254. The normalized spacial score (nSPS) is 10.3. The van der Waals surface area contributed by atoms with Crippen molar-refractivity contribution in [3.8, 4) is 16.9 Å². The van der Waals surface area contributed by atoms with Gasteiger partial charge >= 0.3 is 6.03 Å². The Morgan fingerprint density at radius 3 is 2.04 bits per heavy atom. The van der Waals surface area contributed by atoms with Crippen LogP contribution >= 0.6 is 0 Å². The summed E-state index contributed by atoms with van der Waals surface area (Å²) >= 11 is 0. The van der Waals surface area contributed by atoms with Crippen molar-refractivity contribution in [1.29, 1.82) is 0 Å². The van der Waals surface area contributed by atoms with Crippen LogP contribution in [-0.4, -0.2) is 13.1 Å². The number of hydrogen-bond donors (Lipinski definition) is 2. The first-order chi connectivity index (χ1) is 12.5. The number of amides is 2. The van der Waals surface area contributed by atoms with Gasteiger partial charge in [-0.05, 0) is 66.4 Å². The lowest BCUT2D eigenvalue weighted by Crippen LogP contribution is -2.20. The van der Waals surface area contributed by atoms with Gasteiger partial charge < -0.3 is 15.4 Å². The second kappa shape index (κ2) is 7.74. The number of urea groups is 1. The van der Waals surface area contributed by atoms with Gasteiger partial charge in [0.2, 0.25) is 0 Å². The fourth-order valence-corrected chi connectivity index (χ4v) is 2.68. The second-order valence-corrected chi connectivity index (χ2v) is 6.20. The standard InChI is InChI=1S/C22H22N2O2/c1-15-4-5-16(2)21(14-15)24-22(25)23-19-10-6-17(7-11-19)18-8-12-20(26-3)13-9-18/h4-14H,1-3H3,(H2,23,24,25). The molecule has 2 amide bonds. The molecule has 4 heteroatoms. The van der Waals surface area contributed by atoms with Gasteiger partial charge in [-0.2, -0.15) is 0 Å². The van der Waals surface area contributed by atoms with E-state index in [-0.39, 0.29) is 6.03 Å². The Balaban J connectivity index is 1.66. The number of hydrogen-bond acceptors (Lipinski definition) is 2. The molecule has 4 nitrogen and oxygen atoms in total. The van der Waals surface area contributed by atoms with E-state index < -0.39 is 0 Å². The van der Waals surface area contributed by atoms with Crippen molar-refractivity contribution in [2.45, 2.75) is 13.8 Å². The first-order valence-electron chi connectivity index (χ1n) is 8.45. The van der Waals surface area contributed by atoms with Crippen LogP contribution in [0.15, 0.2) is 66.7 Å². The molecule has 0 atom stereocenters. The van der Waals surface area contributed by atoms with Gasteiger partial charge in [0, 0.05) is 11.4 Å². The van der Waals surface area contributed by atoms with E-state index in [2.05, 4.69) is 10.6 Å². The zero-order valence-electron chi connectivity index (χ0n) is 15.2. The quantitative estimate of drug-likeness (QED) is 0.644. The van der Waals surface area contributed by atoms with E-state index in [4.69, 9.17) is 4.74 Å². The Kier molecular flexibility index (Phi) is 5.23. The van der Waals surface area contributed by atoms with Crippen molar-refractivity contribution in [2.75, 3.05) is 17.7 Å². The van der Waals surface area contributed by atoms with Crippen molar-refractivity contribution < 1.29 is 9.53 Å². The molecule has 0 aliphatic carbocycles. The van der Waals surface area contributed by atoms with Crippen LogP contribution in [-0.2, 0) is 0 Å². The number of aryl methyl sites for hydroxylation is 2. The van der Waals surface area contributed by atoms with E-state index in [0.29, 0.717) is 0 Å². The molecule has 3 rings (SSSR count). The maximum Gasteiger partial charge on any atom is 0.323 e. The average Bonchev–Trinajstić information content (AvgIpc) is 2.65. The predicted octanol–water partition coefficient (Wildman–Crippen LogP) is 5.62. The zero-order chi connectivity index (χ0) is 18.5. The van der Waals surface area contributed by atoms with Crippen LogP contribution in [0.3, 0.4) is 0 Å². The Morgan fingerprint density at radius 1 is 0.808 bits per heavy atom. The van der Waals surface area contributed by atoms with E-state index in [0.717, 1.165) is 39.4 Å².